The monoisotopic (exact) mass is 1090 g/mol. The number of ether oxygens (including phenoxy) is 5. The summed E-state index contributed by atoms with van der Waals surface area (Å²) in [5.74, 6) is 3.66. The summed E-state index contributed by atoms with van der Waals surface area (Å²) in [6.45, 7) is -1.11. The number of aromatic amines is 1. The number of aliphatic hydroxyl groups excluding tert-OH is 2. The van der Waals surface area contributed by atoms with Crippen molar-refractivity contribution >= 4 is 45.0 Å². The summed E-state index contributed by atoms with van der Waals surface area (Å²) in [5.41, 5.74) is 8.90. The minimum atomic E-state index is -2.48. The van der Waals surface area contributed by atoms with E-state index in [0.717, 1.165) is 133 Å². The number of methoxy groups -OCH3 is 1. The Kier molecular flexibility index (Phi) is 10.6. The molecular formula is C67H68N2O12. The van der Waals surface area contributed by atoms with E-state index in [0.29, 0.717) is 47.4 Å². The molecule has 17 rings (SSSR count). The van der Waals surface area contributed by atoms with E-state index in [1.54, 1.807) is 24.1 Å². The number of rotatable bonds is 2. The quantitative estimate of drug-likeness (QED) is 0.0920. The first-order chi connectivity index (χ1) is 39.4. The Balaban J connectivity index is 0.934. The summed E-state index contributed by atoms with van der Waals surface area (Å²) in [5, 5.41) is 66.0. The molecule has 3 saturated carbocycles. The molecule has 6 N–H and O–H groups in total. The van der Waals surface area contributed by atoms with Gasteiger partial charge in [0.1, 0.15) is 41.7 Å². The van der Waals surface area contributed by atoms with E-state index in [1.165, 1.54) is 16.7 Å². The molecule has 5 aliphatic heterocycles. The second kappa shape index (κ2) is 17.4. The number of ketones is 1. The molecule has 1 amide bonds. The topological polar surface area (TPSA) is 200 Å². The van der Waals surface area contributed by atoms with Crippen molar-refractivity contribution < 1.29 is 58.8 Å². The van der Waals surface area contributed by atoms with E-state index in [1.807, 2.05) is 18.2 Å². The molecule has 1 aromatic heterocycles. The average Bonchev–Trinajstić information content (AvgIpc) is 2.40. The molecule has 4 fully saturated rings. The fraction of sp³-hybridized carbons (Fsp3) is 0.522. The maximum absolute atomic E-state index is 15.6. The van der Waals surface area contributed by atoms with Crippen LogP contribution in [0.1, 0.15) is 172 Å². The van der Waals surface area contributed by atoms with E-state index in [4.69, 9.17) is 23.7 Å². The van der Waals surface area contributed by atoms with Gasteiger partial charge in [-0.3, -0.25) is 9.59 Å². The van der Waals surface area contributed by atoms with Gasteiger partial charge in [-0.25, -0.2) is 0 Å². The summed E-state index contributed by atoms with van der Waals surface area (Å²) in [7, 11) is 1.62. The number of nitrogens with one attached hydrogen (secondary N) is 1. The van der Waals surface area contributed by atoms with Crippen LogP contribution in [0.25, 0.3) is 33.3 Å². The standard InChI is InChI=1S/C67H68N2O12/c1-77-59-41-14-13-35-24-34-7-3-10-39(34)52-50(35)53(41)55-57(72)54(52)47(71)29-69-28-45-33(6-2-11-40(45)63(69)74)8-5-21-78-62-58(73)61-49-16-12-32-22-38-26-37-9-4-19-66(37,75)30-65(38)20-18-36-25-46-51(43(23-32)56(36)65)44(27-68-46)48(79-49)17-15-42(59)60(55)80-64(81-61)67(62,76)31-70/h2,6,11,15,17,24-25,27,32,34,37-39,48-49,58,61-62,64,68,70,72-73,75-76H,3-4,7-10,12-14,16,18-20,22-23,26,28-31H2,1H3. The number of benzene rings is 4. The third kappa shape index (κ3) is 6.68. The molecule has 0 radical (unpaired) electrons. The van der Waals surface area contributed by atoms with E-state index in [-0.39, 0.29) is 77.0 Å². The van der Waals surface area contributed by atoms with Crippen molar-refractivity contribution in [2.75, 3.05) is 20.3 Å². The van der Waals surface area contributed by atoms with Gasteiger partial charge in [0, 0.05) is 57.6 Å². The number of aromatic hydroxyl groups is 1. The lowest BCUT2D eigenvalue weighted by atomic mass is 9.55. The number of hydrogen-bond donors (Lipinski definition) is 6. The molecule has 14 atom stereocenters. The summed E-state index contributed by atoms with van der Waals surface area (Å²) in [6, 6.07) is 7.80. The highest BCUT2D eigenvalue weighted by molar-refractivity contribution is 6.17. The molecule has 1 spiro atoms. The van der Waals surface area contributed by atoms with E-state index >= 15 is 4.79 Å². The summed E-state index contributed by atoms with van der Waals surface area (Å²) < 4.78 is 34.9. The molecule has 4 aromatic carbocycles. The molecule has 14 heteroatoms. The summed E-state index contributed by atoms with van der Waals surface area (Å²) in [6.07, 6.45) is 17.1. The van der Waals surface area contributed by atoms with Crippen LogP contribution in [0.15, 0.2) is 42.6 Å². The van der Waals surface area contributed by atoms with Gasteiger partial charge < -0.3 is 59.1 Å². The van der Waals surface area contributed by atoms with Gasteiger partial charge in [-0.2, -0.15) is 0 Å². The molecule has 5 aromatic rings. The Hall–Kier alpha value is -6.18. The van der Waals surface area contributed by atoms with E-state index < -0.39 is 60.4 Å². The largest absolute Gasteiger partial charge is 0.506 e. The molecular weight excluding hydrogens is 1020 g/mol. The fourth-order valence-corrected chi connectivity index (χ4v) is 19.3. The minimum absolute atomic E-state index is 0.0418. The van der Waals surface area contributed by atoms with Crippen molar-refractivity contribution in [3.05, 3.63) is 109 Å². The SMILES string of the molecule is COc1c2c3c4c(O)c(c5c6c4c1CCC6=CC1CCCC51)C(=O)CN1Cc4c(cccc4C1=O)CC#COC1C(O)C(OC(O3)C1(O)CO)C1CCC3Cc4c5c(cc6[nH]cc(c46)C(C=C2)O1)CCC51CC2(O)CCCC2CC1C3. The molecule has 14 nitrogen and oxygen atoms in total. The zero-order valence-electron chi connectivity index (χ0n) is 45.7. The van der Waals surface area contributed by atoms with Gasteiger partial charge in [0.15, 0.2) is 17.5 Å². The van der Waals surface area contributed by atoms with Gasteiger partial charge >= 0.3 is 0 Å². The van der Waals surface area contributed by atoms with Crippen molar-refractivity contribution in [3.63, 3.8) is 0 Å². The van der Waals surface area contributed by atoms with Crippen LogP contribution in [-0.4, -0.2) is 109 Å². The smallest absolute Gasteiger partial charge is 0.254 e. The third-order valence-electron chi connectivity index (χ3n) is 22.7. The summed E-state index contributed by atoms with van der Waals surface area (Å²) in [4.78, 5) is 35.2. The number of H-pyrrole nitrogens is 1. The highest BCUT2D eigenvalue weighted by Gasteiger charge is 2.63. The van der Waals surface area contributed by atoms with Gasteiger partial charge in [0.2, 0.25) is 6.29 Å². The van der Waals surface area contributed by atoms with Crippen molar-refractivity contribution in [2.24, 2.45) is 23.7 Å². The Morgan fingerprint density at radius 1 is 0.914 bits per heavy atom. The molecule has 418 valence electrons. The number of allylic oxidation sites excluding steroid dienone is 2. The Bertz CT molecular complexity index is 3770. The van der Waals surface area contributed by atoms with Gasteiger partial charge in [-0.15, -0.1) is 0 Å². The molecule has 12 bridgehead atoms. The van der Waals surface area contributed by atoms with Crippen LogP contribution >= 0.6 is 0 Å². The van der Waals surface area contributed by atoms with Gasteiger partial charge in [-0.1, -0.05) is 43.0 Å². The Morgan fingerprint density at radius 2 is 1.81 bits per heavy atom. The molecule has 1 saturated heterocycles. The first-order valence-corrected chi connectivity index (χ1v) is 30.2. The number of aryl methyl sites for hydroxylation is 2. The molecule has 7 aliphatic carbocycles. The number of Topliss-reactive ketones (excluding diaryl/α,β-unsaturated/α-hetero) is 1. The first-order valence-electron chi connectivity index (χ1n) is 30.2. The minimum Gasteiger partial charge on any atom is -0.506 e. The number of carbonyl (C=O) groups is 2. The predicted octanol–water partition coefficient (Wildman–Crippen LogP) is 8.83. The predicted molar refractivity (Wildman–Crippen MR) is 299 cm³/mol. The normalized spacial score (nSPS) is 36.3. The maximum Gasteiger partial charge on any atom is 0.254 e. The zero-order chi connectivity index (χ0) is 54.6. The second-order valence-corrected chi connectivity index (χ2v) is 26.5. The average molecular weight is 1090 g/mol. The van der Waals surface area contributed by atoms with Crippen LogP contribution in [0.2, 0.25) is 0 Å². The zero-order valence-corrected chi connectivity index (χ0v) is 45.7. The Labute approximate surface area is 469 Å². The van der Waals surface area contributed by atoms with Crippen molar-refractivity contribution in [1.82, 2.24) is 9.88 Å². The number of nitrogens with zero attached hydrogens (tertiary/aromatic N) is 1. The van der Waals surface area contributed by atoms with Crippen molar-refractivity contribution in [1.29, 1.82) is 0 Å². The number of fused-ring (bicyclic) bond motifs is 13. The van der Waals surface area contributed by atoms with Crippen LogP contribution in [0.4, 0.5) is 0 Å². The highest BCUT2D eigenvalue weighted by Crippen LogP contribution is 2.65. The first kappa shape index (κ1) is 49.4. The number of aromatic nitrogens is 1. The molecule has 14 unspecified atom stereocenters. The lowest BCUT2D eigenvalue weighted by Gasteiger charge is -2.51. The van der Waals surface area contributed by atoms with Crippen LogP contribution in [0, 0.1) is 35.7 Å². The fourth-order valence-electron chi connectivity index (χ4n) is 19.3. The van der Waals surface area contributed by atoms with Crippen LogP contribution in [0.5, 0.6) is 17.2 Å². The number of phenols is 1. The van der Waals surface area contributed by atoms with Crippen LogP contribution < -0.4 is 9.47 Å². The van der Waals surface area contributed by atoms with E-state index in [2.05, 4.69) is 35.4 Å². The lowest BCUT2D eigenvalue weighted by Crippen LogP contribution is -2.71. The second-order valence-electron chi connectivity index (χ2n) is 26.5. The summed E-state index contributed by atoms with van der Waals surface area (Å²) >= 11 is 0. The van der Waals surface area contributed by atoms with E-state index in [9.17, 15) is 30.3 Å². The molecule has 81 heavy (non-hydrogen) atoms. The maximum atomic E-state index is 15.6. The number of amides is 1. The molecule has 6 heterocycles. The van der Waals surface area contributed by atoms with Gasteiger partial charge in [0.25, 0.3) is 5.91 Å². The van der Waals surface area contributed by atoms with Crippen LogP contribution in [-0.2, 0) is 51.9 Å². The van der Waals surface area contributed by atoms with Crippen molar-refractivity contribution in [3.8, 4) is 29.3 Å². The lowest BCUT2D eigenvalue weighted by molar-refractivity contribution is -0.337. The number of aliphatic hydroxyl groups is 4. The number of phenolic OH excluding ortho intramolecular Hbond substituents is 1. The van der Waals surface area contributed by atoms with Gasteiger partial charge in [0.05, 0.1) is 48.5 Å². The number of hydrogen-bond acceptors (Lipinski definition) is 12. The van der Waals surface area contributed by atoms with Gasteiger partial charge in [-0.05, 0) is 182 Å². The Morgan fingerprint density at radius 3 is 2.69 bits per heavy atom. The third-order valence-corrected chi connectivity index (χ3v) is 22.7. The van der Waals surface area contributed by atoms with Crippen LogP contribution in [0.3, 0.4) is 0 Å². The highest BCUT2D eigenvalue weighted by atomic mass is 16.7. The number of carbonyl (C=O) groups excluding carboxylic acids is 2. The molecule has 12 aliphatic rings. The van der Waals surface area contributed by atoms with Crippen molar-refractivity contribution in [2.45, 2.75) is 175 Å².